The van der Waals surface area contributed by atoms with Crippen LogP contribution in [0.1, 0.15) is 11.3 Å². The highest BCUT2D eigenvalue weighted by molar-refractivity contribution is 5.77. The lowest BCUT2D eigenvalue weighted by Crippen LogP contribution is -2.33. The Kier molecular flexibility index (Phi) is 4.49. The summed E-state index contributed by atoms with van der Waals surface area (Å²) < 4.78 is 1.75. The van der Waals surface area contributed by atoms with Gasteiger partial charge in [0, 0.05) is 43.7 Å². The van der Waals surface area contributed by atoms with Crippen LogP contribution in [0.2, 0.25) is 0 Å². The van der Waals surface area contributed by atoms with E-state index in [0.29, 0.717) is 12.5 Å². The van der Waals surface area contributed by atoms with Crippen molar-refractivity contribution in [3.8, 4) is 0 Å². The van der Waals surface area contributed by atoms with E-state index in [1.54, 1.807) is 17.1 Å². The zero-order valence-electron chi connectivity index (χ0n) is 11.0. The molecule has 0 unspecified atom stereocenters. The van der Waals surface area contributed by atoms with Crippen molar-refractivity contribution in [2.75, 3.05) is 6.54 Å². The molecule has 0 aliphatic rings. The minimum atomic E-state index is 0.444. The summed E-state index contributed by atoms with van der Waals surface area (Å²) in [4.78, 5) is 8.49. The first-order valence-corrected chi connectivity index (χ1v) is 6.15. The van der Waals surface area contributed by atoms with Crippen LogP contribution in [0.15, 0.2) is 41.8 Å². The van der Waals surface area contributed by atoms with E-state index in [1.807, 2.05) is 31.4 Å². The van der Waals surface area contributed by atoms with Crippen LogP contribution >= 0.6 is 0 Å². The molecular formula is C13H18N6. The molecule has 6 nitrogen and oxygen atoms in total. The lowest BCUT2D eigenvalue weighted by molar-refractivity contribution is 0.766. The number of hydrogen-bond acceptors (Lipinski definition) is 3. The van der Waals surface area contributed by atoms with E-state index in [-0.39, 0.29) is 0 Å². The van der Waals surface area contributed by atoms with Gasteiger partial charge in [0.1, 0.15) is 0 Å². The summed E-state index contributed by atoms with van der Waals surface area (Å²) >= 11 is 0. The average Bonchev–Trinajstić information content (AvgIpc) is 2.83. The standard InChI is InChI=1S/C13H18N6/c1-19-10-11(9-18-19)8-17-13(14)16-7-5-12-4-2-3-6-15-12/h2-4,6,9-10H,5,7-8H2,1H3,(H3,14,16,17). The smallest absolute Gasteiger partial charge is 0.188 e. The Balaban J connectivity index is 1.73. The molecular weight excluding hydrogens is 240 g/mol. The van der Waals surface area contributed by atoms with Gasteiger partial charge in [0.15, 0.2) is 5.96 Å². The van der Waals surface area contributed by atoms with Crippen LogP contribution in [0.4, 0.5) is 0 Å². The maximum Gasteiger partial charge on any atom is 0.188 e. The van der Waals surface area contributed by atoms with Crippen molar-refractivity contribution in [3.63, 3.8) is 0 Å². The van der Waals surface area contributed by atoms with Gasteiger partial charge in [-0.1, -0.05) is 6.07 Å². The molecule has 100 valence electrons. The zero-order chi connectivity index (χ0) is 13.5. The van der Waals surface area contributed by atoms with Gasteiger partial charge < -0.3 is 11.1 Å². The number of aromatic nitrogens is 3. The summed E-state index contributed by atoms with van der Waals surface area (Å²) in [6.07, 6.45) is 6.31. The molecule has 0 aromatic carbocycles. The monoisotopic (exact) mass is 258 g/mol. The van der Waals surface area contributed by atoms with E-state index in [2.05, 4.69) is 20.4 Å². The Bertz CT molecular complexity index is 531. The molecule has 0 saturated carbocycles. The lowest BCUT2D eigenvalue weighted by Gasteiger charge is -2.04. The number of pyridine rings is 1. The molecule has 2 aromatic rings. The zero-order valence-corrected chi connectivity index (χ0v) is 11.0. The second-order valence-electron chi connectivity index (χ2n) is 4.22. The Labute approximate surface area is 112 Å². The fourth-order valence-electron chi connectivity index (χ4n) is 1.65. The van der Waals surface area contributed by atoms with Crippen molar-refractivity contribution in [2.24, 2.45) is 17.8 Å². The molecule has 19 heavy (non-hydrogen) atoms. The van der Waals surface area contributed by atoms with Gasteiger partial charge in [-0.25, -0.2) is 4.99 Å². The first kappa shape index (κ1) is 13.1. The molecule has 0 saturated heterocycles. The van der Waals surface area contributed by atoms with Crippen molar-refractivity contribution >= 4 is 5.96 Å². The maximum atomic E-state index is 5.78. The van der Waals surface area contributed by atoms with Crippen LogP contribution in [0, 0.1) is 0 Å². The molecule has 3 N–H and O–H groups in total. The van der Waals surface area contributed by atoms with E-state index in [1.165, 1.54) is 0 Å². The summed E-state index contributed by atoms with van der Waals surface area (Å²) in [6, 6.07) is 5.87. The van der Waals surface area contributed by atoms with Crippen LogP contribution in [-0.4, -0.2) is 27.3 Å². The minimum absolute atomic E-state index is 0.444. The van der Waals surface area contributed by atoms with E-state index in [0.717, 1.165) is 24.2 Å². The Hall–Kier alpha value is -2.37. The summed E-state index contributed by atoms with van der Waals surface area (Å²) in [5.74, 6) is 0.444. The quantitative estimate of drug-likeness (QED) is 0.603. The molecule has 2 aromatic heterocycles. The number of nitrogens with one attached hydrogen (secondary N) is 1. The number of guanidine groups is 1. The first-order valence-electron chi connectivity index (χ1n) is 6.15. The molecule has 2 heterocycles. The van der Waals surface area contributed by atoms with E-state index < -0.39 is 0 Å². The molecule has 0 aliphatic carbocycles. The highest BCUT2D eigenvalue weighted by atomic mass is 15.2. The fourth-order valence-corrected chi connectivity index (χ4v) is 1.65. The molecule has 0 fully saturated rings. The van der Waals surface area contributed by atoms with Crippen LogP contribution in [-0.2, 0) is 20.0 Å². The molecule has 0 spiro atoms. The van der Waals surface area contributed by atoms with Crippen LogP contribution < -0.4 is 11.1 Å². The van der Waals surface area contributed by atoms with E-state index >= 15 is 0 Å². The van der Waals surface area contributed by atoms with Crippen molar-refractivity contribution in [3.05, 3.63) is 48.0 Å². The predicted octanol–water partition coefficient (Wildman–Crippen LogP) is 0.462. The largest absolute Gasteiger partial charge is 0.370 e. The molecule has 2 rings (SSSR count). The van der Waals surface area contributed by atoms with Gasteiger partial charge in [-0.3, -0.25) is 9.67 Å². The number of aryl methyl sites for hydroxylation is 1. The highest BCUT2D eigenvalue weighted by Gasteiger charge is 1.97. The Morgan fingerprint density at radius 2 is 2.37 bits per heavy atom. The summed E-state index contributed by atoms with van der Waals surface area (Å²) in [5, 5.41) is 7.14. The molecule has 0 amide bonds. The summed E-state index contributed by atoms with van der Waals surface area (Å²) in [5.41, 5.74) is 7.86. The van der Waals surface area contributed by atoms with Crippen molar-refractivity contribution in [2.45, 2.75) is 13.0 Å². The average molecular weight is 258 g/mol. The van der Waals surface area contributed by atoms with Gasteiger partial charge in [0.25, 0.3) is 0 Å². The third-order valence-electron chi connectivity index (χ3n) is 2.60. The van der Waals surface area contributed by atoms with Crippen LogP contribution in [0.5, 0.6) is 0 Å². The van der Waals surface area contributed by atoms with Crippen LogP contribution in [0.3, 0.4) is 0 Å². The normalized spacial score (nSPS) is 11.5. The van der Waals surface area contributed by atoms with Gasteiger partial charge in [0.2, 0.25) is 0 Å². The van der Waals surface area contributed by atoms with Gasteiger partial charge in [0.05, 0.1) is 12.7 Å². The number of nitrogens with zero attached hydrogens (tertiary/aromatic N) is 4. The fraction of sp³-hybridized carbons (Fsp3) is 0.308. The van der Waals surface area contributed by atoms with Crippen molar-refractivity contribution in [1.29, 1.82) is 0 Å². The van der Waals surface area contributed by atoms with E-state index in [4.69, 9.17) is 5.73 Å². The molecule has 0 bridgehead atoms. The predicted molar refractivity (Wildman–Crippen MR) is 74.5 cm³/mol. The van der Waals surface area contributed by atoms with Gasteiger partial charge in [-0.05, 0) is 12.1 Å². The second kappa shape index (κ2) is 6.53. The number of hydrogen-bond donors (Lipinski definition) is 2. The molecule has 0 aliphatic heterocycles. The van der Waals surface area contributed by atoms with Gasteiger partial charge >= 0.3 is 0 Å². The Morgan fingerprint density at radius 3 is 3.05 bits per heavy atom. The first-order chi connectivity index (χ1) is 9.24. The highest BCUT2D eigenvalue weighted by Crippen LogP contribution is 1.97. The number of nitrogens with two attached hydrogens (primary N) is 1. The maximum absolute atomic E-state index is 5.78. The third kappa shape index (κ3) is 4.42. The molecule has 0 atom stereocenters. The lowest BCUT2D eigenvalue weighted by atomic mass is 10.3. The number of aliphatic imine (C=N–C) groups is 1. The SMILES string of the molecule is Cn1cc(CN=C(N)NCCc2ccccn2)cn1. The minimum Gasteiger partial charge on any atom is -0.370 e. The van der Waals surface area contributed by atoms with Crippen LogP contribution in [0.25, 0.3) is 0 Å². The molecule has 0 radical (unpaired) electrons. The Morgan fingerprint density at radius 1 is 1.47 bits per heavy atom. The number of rotatable bonds is 5. The van der Waals surface area contributed by atoms with Gasteiger partial charge in [-0.15, -0.1) is 0 Å². The second-order valence-corrected chi connectivity index (χ2v) is 4.22. The summed E-state index contributed by atoms with van der Waals surface area (Å²) in [7, 11) is 1.88. The summed E-state index contributed by atoms with van der Waals surface area (Å²) in [6.45, 7) is 1.26. The van der Waals surface area contributed by atoms with E-state index in [9.17, 15) is 0 Å². The third-order valence-corrected chi connectivity index (χ3v) is 2.60. The van der Waals surface area contributed by atoms with Crippen molar-refractivity contribution < 1.29 is 0 Å². The topological polar surface area (TPSA) is 81.1 Å². The van der Waals surface area contributed by atoms with Crippen molar-refractivity contribution in [1.82, 2.24) is 20.1 Å². The van der Waals surface area contributed by atoms with Gasteiger partial charge in [-0.2, -0.15) is 5.10 Å². The molecule has 6 heteroatoms.